The third-order valence-corrected chi connectivity index (χ3v) is 5.66. The maximum absolute atomic E-state index is 4.95. The second kappa shape index (κ2) is 22.6. The van der Waals surface area contributed by atoms with Crippen LogP contribution in [0.5, 0.6) is 0 Å². The second-order valence-electron chi connectivity index (χ2n) is 8.63. The standard InChI is InChI=1S/C12H25N2Si2.C6H5N.C4H8.3CH3.Al.Mo/c1-15(2,3)13-11-9-7-8-10-12(11)14-16(4,5)6;7-6-4-2-1-3-5-6;1-3-4-2;;;;;/h9H,7-8,10H2,1-6H3;1-5H;1-4H2;3*1H3;;/q-1;+1;-2;3*-1;+3;/b14-12+;;;;;;;. The Balaban J connectivity index is -0.000000130. The molecule has 3 nitrogen and oxygen atoms in total. The quantitative estimate of drug-likeness (QED) is 0.256. The van der Waals surface area contributed by atoms with Gasteiger partial charge in [0.05, 0.1) is 0 Å². The van der Waals surface area contributed by atoms with Crippen LogP contribution in [-0.2, 0) is 19.4 Å². The van der Waals surface area contributed by atoms with Crippen LogP contribution in [0.2, 0.25) is 39.3 Å². The zero-order valence-electron chi connectivity index (χ0n) is 22.2. The van der Waals surface area contributed by atoms with E-state index in [1.165, 1.54) is 24.3 Å². The van der Waals surface area contributed by atoms with Crippen LogP contribution in [-0.4, -0.2) is 39.5 Å². The van der Waals surface area contributed by atoms with Crippen LogP contribution >= 0.6 is 0 Å². The topological polar surface area (TPSA) is 30.8 Å². The van der Waals surface area contributed by atoms with Crippen molar-refractivity contribution in [2.75, 3.05) is 0 Å². The Labute approximate surface area is 226 Å². The number of nitrogens with zero attached hydrogens (tertiary/aromatic N) is 3. The van der Waals surface area contributed by atoms with Crippen molar-refractivity contribution in [3.8, 4) is 0 Å². The van der Waals surface area contributed by atoms with E-state index in [9.17, 15) is 0 Å². The Morgan fingerprint density at radius 1 is 0.969 bits per heavy atom. The first-order valence-electron chi connectivity index (χ1n) is 10.0. The molecule has 181 valence electrons. The van der Waals surface area contributed by atoms with Crippen LogP contribution in [0.1, 0.15) is 32.1 Å². The van der Waals surface area contributed by atoms with Gasteiger partial charge < -0.3 is 45.8 Å². The Morgan fingerprint density at radius 2 is 1.47 bits per heavy atom. The van der Waals surface area contributed by atoms with E-state index < -0.39 is 16.5 Å². The van der Waals surface area contributed by atoms with Crippen LogP contribution in [0, 0.1) is 36.1 Å². The summed E-state index contributed by atoms with van der Waals surface area (Å²) in [5.74, 6) is 0. The van der Waals surface area contributed by atoms with E-state index in [2.05, 4.69) is 62.5 Å². The van der Waals surface area contributed by atoms with Crippen molar-refractivity contribution in [1.29, 1.82) is 0 Å². The first-order valence-corrected chi connectivity index (χ1v) is 17.8. The molecule has 7 heteroatoms. The summed E-state index contributed by atoms with van der Waals surface area (Å²) in [5.41, 5.74) is 3.54. The van der Waals surface area contributed by atoms with Crippen molar-refractivity contribution in [2.24, 2.45) is 4.66 Å². The van der Waals surface area contributed by atoms with E-state index in [-0.39, 0.29) is 39.6 Å². The SMILES string of the molecule is C[Si](C)(C)/N=C1\CCCC=C1[N-][Si](C)(C)C.[Al+3].[CH2-]CC[CH2-].[CH3-].[CH3-].[CH3-].[Mo]#[N+]c1ccccc1. The predicted molar refractivity (Wildman–Crippen MR) is 154 cm³/mol. The first kappa shape index (κ1) is 42.0. The molecule has 0 saturated carbocycles. The number of hydrogen-bond donors (Lipinski definition) is 0. The molecule has 0 atom stereocenters. The summed E-state index contributed by atoms with van der Waals surface area (Å²) in [6.07, 6.45) is 7.76. The molecular formula is C25H47AlMoN3Si2-2. The summed E-state index contributed by atoms with van der Waals surface area (Å²) >= 11 is 1.72. The molecule has 1 aromatic carbocycles. The fourth-order valence-corrected chi connectivity index (χ4v) is 4.51. The molecule has 0 spiro atoms. The van der Waals surface area contributed by atoms with Crippen molar-refractivity contribution in [1.82, 2.24) is 0 Å². The molecule has 0 heterocycles. The minimum absolute atomic E-state index is 0. The van der Waals surface area contributed by atoms with Crippen LogP contribution < -0.4 is 0 Å². The van der Waals surface area contributed by atoms with E-state index >= 15 is 0 Å². The van der Waals surface area contributed by atoms with Crippen molar-refractivity contribution in [3.05, 3.63) is 86.5 Å². The van der Waals surface area contributed by atoms with Gasteiger partial charge in [0, 0.05) is 5.71 Å². The molecule has 0 saturated heterocycles. The van der Waals surface area contributed by atoms with E-state index in [1.54, 1.807) is 19.4 Å². The summed E-state index contributed by atoms with van der Waals surface area (Å²) < 4.78 is 8.93. The van der Waals surface area contributed by atoms with Crippen molar-refractivity contribution in [3.63, 3.8) is 0 Å². The third-order valence-electron chi connectivity index (χ3n) is 3.29. The summed E-state index contributed by atoms with van der Waals surface area (Å²) in [7, 11) is -2.73. The Kier molecular flexibility index (Phi) is 29.6. The number of hydrogen-bond acceptors (Lipinski definition) is 1. The van der Waals surface area contributed by atoms with Crippen LogP contribution in [0.3, 0.4) is 0 Å². The minimum atomic E-state index is -1.37. The van der Waals surface area contributed by atoms with Gasteiger partial charge in [-0.15, -0.1) is 5.70 Å². The average molecular weight is 569 g/mol. The van der Waals surface area contributed by atoms with Gasteiger partial charge in [-0.05, 0) is 47.1 Å². The van der Waals surface area contributed by atoms with Crippen molar-refractivity contribution < 1.29 is 19.4 Å². The van der Waals surface area contributed by atoms with Gasteiger partial charge in [0.15, 0.2) is 8.24 Å². The summed E-state index contributed by atoms with van der Waals surface area (Å²) in [4.78, 5) is 4.93. The Hall–Kier alpha value is -0.205. The van der Waals surface area contributed by atoms with E-state index in [4.69, 9.17) is 9.64 Å². The van der Waals surface area contributed by atoms with Gasteiger partial charge in [-0.3, -0.25) is 0 Å². The zero-order chi connectivity index (χ0) is 21.6. The van der Waals surface area contributed by atoms with Crippen LogP contribution in [0.25, 0.3) is 8.29 Å². The van der Waals surface area contributed by atoms with Gasteiger partial charge in [-0.25, -0.2) is 12.8 Å². The molecule has 0 unspecified atom stereocenters. The molecule has 0 aromatic heterocycles. The Bertz CT molecular complexity index is 656. The molecule has 1 aliphatic rings. The molecule has 0 bridgehead atoms. The Morgan fingerprint density at radius 3 is 1.81 bits per heavy atom. The molecule has 0 amide bonds. The van der Waals surface area contributed by atoms with Gasteiger partial charge in [0.2, 0.25) is 0 Å². The van der Waals surface area contributed by atoms with Crippen LogP contribution in [0.15, 0.2) is 46.8 Å². The van der Waals surface area contributed by atoms with E-state index in [0.717, 1.165) is 24.9 Å². The fraction of sp³-hybridized carbons (Fsp3) is 0.440. The molecule has 0 fully saturated rings. The average Bonchev–Trinajstić information content (AvgIpc) is 2.62. The summed E-state index contributed by atoms with van der Waals surface area (Å²) in [6, 6.07) is 9.88. The van der Waals surface area contributed by atoms with Crippen LogP contribution in [0.4, 0.5) is 5.69 Å². The summed E-state index contributed by atoms with van der Waals surface area (Å²) in [5, 5.41) is 0. The number of rotatable bonds is 4. The van der Waals surface area contributed by atoms with Crippen molar-refractivity contribution >= 4 is 45.2 Å². The zero-order valence-corrected chi connectivity index (χ0v) is 27.4. The molecule has 0 N–H and O–H groups in total. The molecule has 0 radical (unpaired) electrons. The fourth-order valence-electron chi connectivity index (χ4n) is 2.23. The van der Waals surface area contributed by atoms with E-state index in [0.29, 0.717) is 0 Å². The predicted octanol–water partition coefficient (Wildman–Crippen LogP) is 9.10. The molecule has 1 aliphatic carbocycles. The van der Waals surface area contributed by atoms with Gasteiger partial charge >= 0.3 is 76.1 Å². The third kappa shape index (κ3) is 24.4. The molecule has 1 aromatic rings. The maximum atomic E-state index is 4.95. The summed E-state index contributed by atoms with van der Waals surface area (Å²) in [6.45, 7) is 20.8. The van der Waals surface area contributed by atoms with Gasteiger partial charge in [-0.2, -0.15) is 0 Å². The molecule has 32 heavy (non-hydrogen) atoms. The van der Waals surface area contributed by atoms with Crippen molar-refractivity contribution in [2.45, 2.75) is 71.4 Å². The normalized spacial score (nSPS) is 13.3. The second-order valence-corrected chi connectivity index (χ2v) is 18.2. The molecule has 2 rings (SSSR count). The number of benzene rings is 1. The molecule has 0 aliphatic heterocycles. The monoisotopic (exact) mass is 570 g/mol. The van der Waals surface area contributed by atoms with E-state index in [1.807, 2.05) is 30.3 Å². The first-order chi connectivity index (χ1) is 13.0. The van der Waals surface area contributed by atoms with Gasteiger partial charge in [0.1, 0.15) is 0 Å². The molecular weight excluding hydrogens is 521 g/mol. The van der Waals surface area contributed by atoms with Gasteiger partial charge in [0.25, 0.3) is 0 Å². The number of unbranched alkanes of at least 4 members (excludes halogenated alkanes) is 1. The number of allylic oxidation sites excluding steroid dienone is 2. The van der Waals surface area contributed by atoms with Gasteiger partial charge in [-0.1, -0.05) is 25.7 Å².